The van der Waals surface area contributed by atoms with Gasteiger partial charge in [0.05, 0.1) is 18.6 Å². The minimum atomic E-state index is -3.45. The Labute approximate surface area is 134 Å². The quantitative estimate of drug-likeness (QED) is 0.866. The average molecular weight is 341 g/mol. The average Bonchev–Trinajstić information content (AvgIpc) is 2.45. The third kappa shape index (κ3) is 3.47. The van der Waals surface area contributed by atoms with Gasteiger partial charge in [0.25, 0.3) is 5.91 Å². The number of methoxy groups -OCH3 is 1. The second-order valence-electron chi connectivity index (χ2n) is 5.61. The molecule has 1 fully saturated rings. The highest BCUT2D eigenvalue weighted by atomic mass is 32.2. The summed E-state index contributed by atoms with van der Waals surface area (Å²) >= 11 is 0. The van der Waals surface area contributed by atoms with E-state index in [2.05, 4.69) is 0 Å². The smallest absolute Gasteiger partial charge is 0.327 e. The Kier molecular flexibility index (Phi) is 4.65. The Balaban J connectivity index is 2.37. The molecule has 1 amide bonds. The monoisotopic (exact) mass is 341 g/mol. The Hall–Kier alpha value is -2.09. The first-order chi connectivity index (χ1) is 10.7. The fourth-order valence-corrected chi connectivity index (χ4v) is 4.26. The molecule has 0 bridgehead atoms. The van der Waals surface area contributed by atoms with Crippen LogP contribution >= 0.6 is 0 Å². The lowest BCUT2D eigenvalue weighted by atomic mass is 10.0. The molecular formula is C15H19NO6S. The summed E-state index contributed by atoms with van der Waals surface area (Å²) in [5.41, 5.74) is 1.84. The zero-order chi connectivity index (χ0) is 17.4. The highest BCUT2D eigenvalue weighted by Crippen LogP contribution is 2.26. The zero-order valence-corrected chi connectivity index (χ0v) is 14.0. The summed E-state index contributed by atoms with van der Waals surface area (Å²) in [4.78, 5) is 25.1. The molecule has 126 valence electrons. The van der Waals surface area contributed by atoms with Crippen LogP contribution in [0.2, 0.25) is 0 Å². The van der Waals surface area contributed by atoms with E-state index in [1.54, 1.807) is 26.0 Å². The van der Waals surface area contributed by atoms with Crippen molar-refractivity contribution in [3.63, 3.8) is 0 Å². The number of nitrogens with zero attached hydrogens (tertiary/aromatic N) is 1. The largest absolute Gasteiger partial charge is 0.496 e. The number of aryl methyl sites for hydroxylation is 2. The molecular weight excluding hydrogens is 322 g/mol. The van der Waals surface area contributed by atoms with Gasteiger partial charge in [0.2, 0.25) is 0 Å². The number of ether oxygens (including phenoxy) is 1. The molecule has 0 spiro atoms. The van der Waals surface area contributed by atoms with Crippen LogP contribution in [0, 0.1) is 13.8 Å². The summed E-state index contributed by atoms with van der Waals surface area (Å²) in [6, 6.07) is 1.88. The number of aliphatic carboxylic acids is 1. The fraction of sp³-hybridized carbons (Fsp3) is 0.467. The standard InChI is InChI=1S/C15H19NO6S/c1-9-6-11(7-10(2)13(9)22-3)14(17)16-4-5-23(20,21)8-12(16)15(18)19/h6-7,12H,4-5,8H2,1-3H3,(H,18,19). The molecule has 0 saturated carbocycles. The predicted molar refractivity (Wildman–Crippen MR) is 83.6 cm³/mol. The van der Waals surface area contributed by atoms with Gasteiger partial charge in [0, 0.05) is 12.1 Å². The van der Waals surface area contributed by atoms with E-state index >= 15 is 0 Å². The molecule has 1 aliphatic rings. The van der Waals surface area contributed by atoms with Crippen molar-refractivity contribution in [3.8, 4) is 5.75 Å². The molecule has 1 N–H and O–H groups in total. The number of carboxylic acid groups (broad SMARTS) is 1. The van der Waals surface area contributed by atoms with Crippen molar-refractivity contribution in [3.05, 3.63) is 28.8 Å². The van der Waals surface area contributed by atoms with Gasteiger partial charge in [-0.3, -0.25) is 4.79 Å². The van der Waals surface area contributed by atoms with E-state index in [0.29, 0.717) is 11.3 Å². The molecule has 1 atom stereocenters. The lowest BCUT2D eigenvalue weighted by molar-refractivity contribution is -0.141. The second kappa shape index (κ2) is 6.19. The van der Waals surface area contributed by atoms with Crippen LogP contribution in [0.4, 0.5) is 0 Å². The van der Waals surface area contributed by atoms with Crippen LogP contribution in [-0.2, 0) is 14.6 Å². The molecule has 23 heavy (non-hydrogen) atoms. The van der Waals surface area contributed by atoms with Crippen LogP contribution in [-0.4, -0.2) is 61.5 Å². The van der Waals surface area contributed by atoms with E-state index in [9.17, 15) is 23.1 Å². The molecule has 1 aliphatic heterocycles. The van der Waals surface area contributed by atoms with Crippen LogP contribution in [0.5, 0.6) is 5.75 Å². The van der Waals surface area contributed by atoms with E-state index < -0.39 is 33.5 Å². The summed E-state index contributed by atoms with van der Waals surface area (Å²) in [5.74, 6) is -1.92. The molecule has 0 aromatic heterocycles. The van der Waals surface area contributed by atoms with E-state index in [-0.39, 0.29) is 12.3 Å². The van der Waals surface area contributed by atoms with Gasteiger partial charge >= 0.3 is 5.97 Å². The summed E-state index contributed by atoms with van der Waals surface area (Å²) in [7, 11) is -1.91. The minimum absolute atomic E-state index is 0.123. The van der Waals surface area contributed by atoms with Gasteiger partial charge in [-0.15, -0.1) is 0 Å². The predicted octanol–water partition coefficient (Wildman–Crippen LogP) is 0.636. The lowest BCUT2D eigenvalue weighted by Crippen LogP contribution is -2.54. The fourth-order valence-electron chi connectivity index (χ4n) is 2.82. The number of carboxylic acids is 1. The Morgan fingerprint density at radius 2 is 1.83 bits per heavy atom. The van der Waals surface area contributed by atoms with Crippen molar-refractivity contribution in [2.75, 3.05) is 25.2 Å². The molecule has 2 rings (SSSR count). The Morgan fingerprint density at radius 3 is 2.30 bits per heavy atom. The number of benzene rings is 1. The number of rotatable bonds is 3. The van der Waals surface area contributed by atoms with Crippen LogP contribution in [0.15, 0.2) is 12.1 Å². The summed E-state index contributed by atoms with van der Waals surface area (Å²) < 4.78 is 28.5. The van der Waals surface area contributed by atoms with Gasteiger partial charge in [-0.05, 0) is 37.1 Å². The van der Waals surface area contributed by atoms with E-state index in [1.807, 2.05) is 0 Å². The van der Waals surface area contributed by atoms with Crippen molar-refractivity contribution >= 4 is 21.7 Å². The maximum atomic E-state index is 12.7. The zero-order valence-electron chi connectivity index (χ0n) is 13.2. The number of amides is 1. The molecule has 0 radical (unpaired) electrons. The summed E-state index contributed by atoms with van der Waals surface area (Å²) in [6.45, 7) is 3.46. The molecule has 1 aromatic rings. The number of carbonyl (C=O) groups excluding carboxylic acids is 1. The Morgan fingerprint density at radius 1 is 1.26 bits per heavy atom. The molecule has 1 aromatic carbocycles. The van der Waals surface area contributed by atoms with Gasteiger partial charge in [0.15, 0.2) is 9.84 Å². The number of hydrogen-bond donors (Lipinski definition) is 1. The van der Waals surface area contributed by atoms with E-state index in [0.717, 1.165) is 16.0 Å². The first kappa shape index (κ1) is 17.3. The Bertz CT molecular complexity index is 732. The molecule has 0 aliphatic carbocycles. The van der Waals surface area contributed by atoms with Crippen molar-refractivity contribution < 1.29 is 27.9 Å². The van der Waals surface area contributed by atoms with Crippen molar-refractivity contribution in [1.82, 2.24) is 4.90 Å². The van der Waals surface area contributed by atoms with E-state index in [4.69, 9.17) is 4.74 Å². The van der Waals surface area contributed by atoms with Crippen LogP contribution in [0.3, 0.4) is 0 Å². The van der Waals surface area contributed by atoms with Crippen LogP contribution in [0.1, 0.15) is 21.5 Å². The van der Waals surface area contributed by atoms with Gasteiger partial charge in [-0.25, -0.2) is 13.2 Å². The van der Waals surface area contributed by atoms with Crippen molar-refractivity contribution in [2.45, 2.75) is 19.9 Å². The topological polar surface area (TPSA) is 101 Å². The summed E-state index contributed by atoms with van der Waals surface area (Å²) in [5, 5.41) is 9.25. The maximum Gasteiger partial charge on any atom is 0.327 e. The summed E-state index contributed by atoms with van der Waals surface area (Å²) in [6.07, 6.45) is 0. The molecule has 1 saturated heterocycles. The van der Waals surface area contributed by atoms with Gasteiger partial charge in [-0.2, -0.15) is 0 Å². The minimum Gasteiger partial charge on any atom is -0.496 e. The van der Waals surface area contributed by atoms with Crippen LogP contribution in [0.25, 0.3) is 0 Å². The normalized spacial score (nSPS) is 20.1. The highest BCUT2D eigenvalue weighted by molar-refractivity contribution is 7.91. The number of carbonyl (C=O) groups is 2. The first-order valence-corrected chi connectivity index (χ1v) is 8.88. The highest BCUT2D eigenvalue weighted by Gasteiger charge is 2.39. The van der Waals surface area contributed by atoms with Gasteiger partial charge in [-0.1, -0.05) is 0 Å². The lowest BCUT2D eigenvalue weighted by Gasteiger charge is -2.33. The molecule has 1 heterocycles. The van der Waals surface area contributed by atoms with Crippen LogP contribution < -0.4 is 4.74 Å². The van der Waals surface area contributed by atoms with E-state index in [1.165, 1.54) is 7.11 Å². The maximum absolute atomic E-state index is 12.7. The third-order valence-corrected chi connectivity index (χ3v) is 5.52. The number of hydrogen-bond acceptors (Lipinski definition) is 5. The molecule has 7 nitrogen and oxygen atoms in total. The molecule has 8 heteroatoms. The van der Waals surface area contributed by atoms with Gasteiger partial charge in [0.1, 0.15) is 11.8 Å². The van der Waals surface area contributed by atoms with Crippen molar-refractivity contribution in [2.24, 2.45) is 0 Å². The third-order valence-electron chi connectivity index (χ3n) is 3.89. The van der Waals surface area contributed by atoms with Crippen molar-refractivity contribution in [1.29, 1.82) is 0 Å². The molecule has 1 unspecified atom stereocenters. The SMILES string of the molecule is COc1c(C)cc(C(=O)N2CCS(=O)(=O)CC2C(=O)O)cc1C. The van der Waals surface area contributed by atoms with Gasteiger partial charge < -0.3 is 14.7 Å². The second-order valence-corrected chi connectivity index (χ2v) is 7.84. The first-order valence-electron chi connectivity index (χ1n) is 7.05. The number of sulfone groups is 1.